The fraction of sp³-hybridized carbons (Fsp3) is 0.111. The molecule has 0 aliphatic carbocycles. The molecule has 0 atom stereocenters. The van der Waals surface area contributed by atoms with Gasteiger partial charge in [0.2, 0.25) is 0 Å². The van der Waals surface area contributed by atoms with Crippen LogP contribution < -0.4 is 0 Å². The van der Waals surface area contributed by atoms with Crippen LogP contribution in [0.1, 0.15) is 11.5 Å². The van der Waals surface area contributed by atoms with Crippen LogP contribution in [-0.4, -0.2) is 14.4 Å². The molecule has 0 fully saturated rings. The summed E-state index contributed by atoms with van der Waals surface area (Å²) in [5.41, 5.74) is 1.89. The van der Waals surface area contributed by atoms with Crippen LogP contribution >= 0.6 is 0 Å². The highest BCUT2D eigenvalue weighted by molar-refractivity contribution is 5.64. The quantitative estimate of drug-likeness (QED) is 0.633. The number of hydrogen-bond donors (Lipinski definition) is 0. The molecule has 0 saturated heterocycles. The molecule has 0 bridgehead atoms. The van der Waals surface area contributed by atoms with Crippen molar-refractivity contribution in [3.63, 3.8) is 0 Å². The van der Waals surface area contributed by atoms with Gasteiger partial charge >= 0.3 is 0 Å². The normalized spacial score (nSPS) is 10.4. The minimum absolute atomic E-state index is 0.889. The minimum Gasteiger partial charge on any atom is -0.300 e. The first kappa shape index (κ1) is 7.03. The molecule has 3 heteroatoms. The SMILES string of the molecule is C=Cc1nc(C)n2ccncc12. The molecule has 0 N–H and O–H groups in total. The van der Waals surface area contributed by atoms with E-state index >= 15 is 0 Å². The molecule has 2 aromatic rings. The Balaban J connectivity index is 2.91. The average Bonchev–Trinajstić information content (AvgIpc) is 2.44. The summed E-state index contributed by atoms with van der Waals surface area (Å²) >= 11 is 0. The minimum atomic E-state index is 0.889. The topological polar surface area (TPSA) is 30.2 Å². The molecule has 2 rings (SSSR count). The lowest BCUT2D eigenvalue weighted by atomic mass is 10.4. The Labute approximate surface area is 70.4 Å². The molecule has 3 nitrogen and oxygen atoms in total. The van der Waals surface area contributed by atoms with Crippen molar-refractivity contribution in [3.8, 4) is 0 Å². The predicted molar refractivity (Wildman–Crippen MR) is 47.8 cm³/mol. The Morgan fingerprint density at radius 2 is 2.42 bits per heavy atom. The van der Waals surface area contributed by atoms with Crippen molar-refractivity contribution < 1.29 is 0 Å². The number of hydrogen-bond acceptors (Lipinski definition) is 2. The van der Waals surface area contributed by atoms with Crippen LogP contribution in [0.25, 0.3) is 11.6 Å². The number of nitrogens with zero attached hydrogens (tertiary/aromatic N) is 3. The Morgan fingerprint density at radius 1 is 1.58 bits per heavy atom. The third-order valence-corrected chi connectivity index (χ3v) is 1.84. The summed E-state index contributed by atoms with van der Waals surface area (Å²) in [5.74, 6) is 0.960. The van der Waals surface area contributed by atoms with E-state index in [1.807, 2.05) is 17.5 Å². The molecule has 0 unspecified atom stereocenters. The summed E-state index contributed by atoms with van der Waals surface area (Å²) in [5, 5.41) is 0. The highest BCUT2D eigenvalue weighted by atomic mass is 15.0. The van der Waals surface area contributed by atoms with Gasteiger partial charge in [-0.15, -0.1) is 0 Å². The number of aromatic nitrogens is 3. The van der Waals surface area contributed by atoms with Crippen molar-refractivity contribution >= 4 is 11.6 Å². The molecular weight excluding hydrogens is 150 g/mol. The summed E-state index contributed by atoms with van der Waals surface area (Å²) in [6.07, 6.45) is 7.17. The van der Waals surface area contributed by atoms with Crippen molar-refractivity contribution in [2.24, 2.45) is 0 Å². The second kappa shape index (κ2) is 2.44. The van der Waals surface area contributed by atoms with E-state index < -0.39 is 0 Å². The van der Waals surface area contributed by atoms with Gasteiger partial charge in [0.1, 0.15) is 5.82 Å². The van der Waals surface area contributed by atoms with Gasteiger partial charge in [0, 0.05) is 12.4 Å². The van der Waals surface area contributed by atoms with Crippen LogP contribution in [0.4, 0.5) is 0 Å². The molecular formula is C9H9N3. The predicted octanol–water partition coefficient (Wildman–Crippen LogP) is 1.68. The van der Waals surface area contributed by atoms with E-state index in [0.717, 1.165) is 17.0 Å². The maximum absolute atomic E-state index is 4.31. The number of rotatable bonds is 1. The van der Waals surface area contributed by atoms with E-state index in [1.54, 1.807) is 18.5 Å². The van der Waals surface area contributed by atoms with Gasteiger partial charge in [-0.2, -0.15) is 0 Å². The second-order valence-corrected chi connectivity index (χ2v) is 2.58. The fourth-order valence-electron chi connectivity index (χ4n) is 1.27. The van der Waals surface area contributed by atoms with E-state index in [-0.39, 0.29) is 0 Å². The highest BCUT2D eigenvalue weighted by Gasteiger charge is 2.02. The van der Waals surface area contributed by atoms with Gasteiger partial charge in [-0.25, -0.2) is 4.98 Å². The van der Waals surface area contributed by atoms with Crippen LogP contribution in [0.2, 0.25) is 0 Å². The van der Waals surface area contributed by atoms with E-state index in [1.165, 1.54) is 0 Å². The van der Waals surface area contributed by atoms with E-state index in [4.69, 9.17) is 0 Å². The lowest BCUT2D eigenvalue weighted by molar-refractivity contribution is 1.03. The van der Waals surface area contributed by atoms with E-state index in [0.29, 0.717) is 0 Å². The van der Waals surface area contributed by atoms with Crippen LogP contribution in [-0.2, 0) is 0 Å². The molecule has 0 amide bonds. The van der Waals surface area contributed by atoms with E-state index in [9.17, 15) is 0 Å². The number of fused-ring (bicyclic) bond motifs is 1. The van der Waals surface area contributed by atoms with Gasteiger partial charge < -0.3 is 4.40 Å². The second-order valence-electron chi connectivity index (χ2n) is 2.58. The zero-order chi connectivity index (χ0) is 8.55. The summed E-state index contributed by atoms with van der Waals surface area (Å²) in [4.78, 5) is 8.34. The van der Waals surface area contributed by atoms with Gasteiger partial charge in [-0.05, 0) is 13.0 Å². The number of imidazole rings is 1. The Hall–Kier alpha value is -1.64. The van der Waals surface area contributed by atoms with Crippen LogP contribution in [0.3, 0.4) is 0 Å². The van der Waals surface area contributed by atoms with Gasteiger partial charge in [0.25, 0.3) is 0 Å². The standard InChI is InChI=1S/C9H9N3/c1-3-8-9-6-10-4-5-12(9)7(2)11-8/h3-6H,1H2,2H3. The van der Waals surface area contributed by atoms with Crippen molar-refractivity contribution in [2.75, 3.05) is 0 Å². The average molecular weight is 159 g/mol. The first-order valence-corrected chi connectivity index (χ1v) is 3.74. The van der Waals surface area contributed by atoms with Crippen LogP contribution in [0, 0.1) is 6.92 Å². The molecule has 60 valence electrons. The molecule has 2 heterocycles. The van der Waals surface area contributed by atoms with Crippen molar-refractivity contribution in [1.82, 2.24) is 14.4 Å². The smallest absolute Gasteiger partial charge is 0.110 e. The van der Waals surface area contributed by atoms with E-state index in [2.05, 4.69) is 16.5 Å². The summed E-state index contributed by atoms with van der Waals surface area (Å²) in [6.45, 7) is 5.65. The Kier molecular flexibility index (Phi) is 1.43. The molecule has 0 aliphatic heterocycles. The summed E-state index contributed by atoms with van der Waals surface area (Å²) < 4.78 is 1.99. The maximum Gasteiger partial charge on any atom is 0.110 e. The number of aryl methyl sites for hydroxylation is 1. The van der Waals surface area contributed by atoms with Crippen LogP contribution in [0.5, 0.6) is 0 Å². The molecule has 2 aromatic heterocycles. The van der Waals surface area contributed by atoms with Crippen LogP contribution in [0.15, 0.2) is 25.2 Å². The third kappa shape index (κ3) is 0.830. The molecule has 12 heavy (non-hydrogen) atoms. The Bertz CT molecular complexity index is 428. The molecule has 0 aromatic carbocycles. The first-order valence-electron chi connectivity index (χ1n) is 3.74. The first-order chi connectivity index (χ1) is 5.83. The molecule has 0 spiro atoms. The van der Waals surface area contributed by atoms with Crippen molar-refractivity contribution in [1.29, 1.82) is 0 Å². The molecule has 0 radical (unpaired) electrons. The zero-order valence-corrected chi connectivity index (χ0v) is 6.86. The van der Waals surface area contributed by atoms with Crippen molar-refractivity contribution in [2.45, 2.75) is 6.92 Å². The lowest BCUT2D eigenvalue weighted by Crippen LogP contribution is -1.86. The summed E-state index contributed by atoms with van der Waals surface area (Å²) in [7, 11) is 0. The molecule has 0 saturated carbocycles. The van der Waals surface area contributed by atoms with Gasteiger partial charge in [0.05, 0.1) is 17.4 Å². The monoisotopic (exact) mass is 159 g/mol. The largest absolute Gasteiger partial charge is 0.300 e. The van der Waals surface area contributed by atoms with Gasteiger partial charge in [-0.1, -0.05) is 6.58 Å². The lowest BCUT2D eigenvalue weighted by Gasteiger charge is -1.92. The van der Waals surface area contributed by atoms with Crippen molar-refractivity contribution in [3.05, 3.63) is 36.7 Å². The summed E-state index contributed by atoms with van der Waals surface area (Å²) in [6, 6.07) is 0. The zero-order valence-electron chi connectivity index (χ0n) is 6.86. The van der Waals surface area contributed by atoms with Gasteiger partial charge in [-0.3, -0.25) is 4.98 Å². The fourth-order valence-corrected chi connectivity index (χ4v) is 1.27. The third-order valence-electron chi connectivity index (χ3n) is 1.84. The maximum atomic E-state index is 4.31. The Morgan fingerprint density at radius 3 is 3.17 bits per heavy atom. The molecule has 0 aliphatic rings. The van der Waals surface area contributed by atoms with Gasteiger partial charge in [0.15, 0.2) is 0 Å². The highest BCUT2D eigenvalue weighted by Crippen LogP contribution is 2.11.